The molecule has 4 aliphatic heterocycles. The number of imide groups is 1. The van der Waals surface area contributed by atoms with Gasteiger partial charge in [0.2, 0.25) is 24.4 Å². The summed E-state index contributed by atoms with van der Waals surface area (Å²) in [6.45, 7) is 0.286. The third-order valence-corrected chi connectivity index (χ3v) is 7.83. The summed E-state index contributed by atoms with van der Waals surface area (Å²) in [6.07, 6.45) is 3.95. The van der Waals surface area contributed by atoms with Crippen molar-refractivity contribution in [1.82, 2.24) is 4.90 Å². The predicted octanol–water partition coefficient (Wildman–Crippen LogP) is 2.39. The van der Waals surface area contributed by atoms with Gasteiger partial charge in [-0.05, 0) is 29.3 Å². The van der Waals surface area contributed by atoms with Gasteiger partial charge in [0.1, 0.15) is 17.9 Å². The Morgan fingerprint density at radius 3 is 2.50 bits per heavy atom. The van der Waals surface area contributed by atoms with Crippen LogP contribution in [0.4, 0.5) is 0 Å². The molecule has 1 N–H and O–H groups in total. The maximum Gasteiger partial charge on any atom is 0.240 e. The van der Waals surface area contributed by atoms with Gasteiger partial charge in [0.25, 0.3) is 0 Å². The normalized spacial score (nSPS) is 27.1. The van der Waals surface area contributed by atoms with Gasteiger partial charge in [-0.15, -0.1) is 0 Å². The van der Waals surface area contributed by atoms with Gasteiger partial charge >= 0.3 is 0 Å². The highest BCUT2D eigenvalue weighted by atomic mass is 16.7. The lowest BCUT2D eigenvalue weighted by Crippen LogP contribution is -3.12. The summed E-state index contributed by atoms with van der Waals surface area (Å²) in [5, 5.41) is 0. The number of ketones is 1. The van der Waals surface area contributed by atoms with E-state index in [9.17, 15) is 14.4 Å². The predicted molar refractivity (Wildman–Crippen MR) is 129 cm³/mol. The van der Waals surface area contributed by atoms with Crippen LogP contribution >= 0.6 is 0 Å². The van der Waals surface area contributed by atoms with E-state index in [4.69, 9.17) is 9.47 Å². The summed E-state index contributed by atoms with van der Waals surface area (Å²) < 4.78 is 10.9. The van der Waals surface area contributed by atoms with Crippen LogP contribution < -0.4 is 14.4 Å². The molecule has 7 nitrogen and oxygen atoms in total. The Bertz CT molecular complexity index is 1450. The molecule has 0 aromatic heterocycles. The molecule has 2 fully saturated rings. The summed E-state index contributed by atoms with van der Waals surface area (Å²) in [5.41, 5.74) is 3.35. The van der Waals surface area contributed by atoms with E-state index in [1.165, 1.54) is 4.90 Å². The molecule has 178 valence electrons. The second-order valence-electron chi connectivity index (χ2n) is 9.65. The van der Waals surface area contributed by atoms with Crippen molar-refractivity contribution in [3.8, 4) is 11.5 Å². The molecule has 4 aliphatic rings. The number of benzene rings is 3. The Hall–Kier alpha value is -4.23. The van der Waals surface area contributed by atoms with E-state index in [1.54, 1.807) is 24.3 Å². The molecule has 36 heavy (non-hydrogen) atoms. The van der Waals surface area contributed by atoms with Crippen LogP contribution in [-0.2, 0) is 16.1 Å². The third kappa shape index (κ3) is 2.99. The number of hydrogen-bond donors (Lipinski definition) is 1. The van der Waals surface area contributed by atoms with E-state index >= 15 is 0 Å². The fourth-order valence-electron chi connectivity index (χ4n) is 6.27. The van der Waals surface area contributed by atoms with Crippen molar-refractivity contribution in [2.24, 2.45) is 11.8 Å². The molecule has 0 aliphatic carbocycles. The lowest BCUT2D eigenvalue weighted by Gasteiger charge is -2.30. The molecule has 7 rings (SSSR count). The summed E-state index contributed by atoms with van der Waals surface area (Å²) in [4.78, 5) is 43.8. The van der Waals surface area contributed by atoms with Crippen LogP contribution in [0.3, 0.4) is 0 Å². The molecule has 3 aromatic rings. The SMILES string of the molecule is O=C(c1ccccc1)[C@H]1[C@@H]2C(=O)N(Cc3ccc4c(c3)OCO4)C(=O)[C@@H]2[C@H]2c3ccccc3C=C[NH+]21. The number of Topliss-reactive ketones (excluding diaryl/α,β-unsaturated/α-hetero) is 1. The van der Waals surface area contributed by atoms with Crippen molar-refractivity contribution < 1.29 is 28.8 Å². The molecule has 1 unspecified atom stereocenters. The molecule has 7 heteroatoms. The van der Waals surface area contributed by atoms with Crippen LogP contribution in [0.15, 0.2) is 79.0 Å². The summed E-state index contributed by atoms with van der Waals surface area (Å²) >= 11 is 0. The topological polar surface area (TPSA) is 77.3 Å². The van der Waals surface area contributed by atoms with Crippen LogP contribution in [0.1, 0.15) is 33.1 Å². The summed E-state index contributed by atoms with van der Waals surface area (Å²) in [6, 6.07) is 21.4. The lowest BCUT2D eigenvalue weighted by atomic mass is 9.83. The molecule has 5 atom stereocenters. The first kappa shape index (κ1) is 21.1. The minimum absolute atomic E-state index is 0.113. The van der Waals surface area contributed by atoms with Crippen LogP contribution in [0.25, 0.3) is 6.08 Å². The van der Waals surface area contributed by atoms with Crippen LogP contribution in [0.2, 0.25) is 0 Å². The fraction of sp³-hybridized carbons (Fsp3) is 0.207. The highest BCUT2D eigenvalue weighted by molar-refractivity contribution is 6.11. The maximum atomic E-state index is 13.9. The third-order valence-electron chi connectivity index (χ3n) is 7.83. The molecular weight excluding hydrogens is 456 g/mol. The fourth-order valence-corrected chi connectivity index (χ4v) is 6.27. The number of likely N-dealkylation sites (tertiary alicyclic amines) is 1. The largest absolute Gasteiger partial charge is 0.454 e. The first-order chi connectivity index (χ1) is 17.6. The molecule has 4 heterocycles. The smallest absolute Gasteiger partial charge is 0.240 e. The standard InChI is InChI=1S/C29H22N2O5/c32-27(19-7-2-1-3-8-19)26-24-23(25-20-9-5-4-6-18(20)12-13-30(25)26)28(33)31(29(24)34)15-17-10-11-21-22(14-17)36-16-35-21/h1-14,23-26H,15-16H2/p+1/t23-,24+,25+,26+/m0/s1. The first-order valence-electron chi connectivity index (χ1n) is 12.1. The Morgan fingerprint density at radius 1 is 0.889 bits per heavy atom. The number of nitrogens with zero attached hydrogens (tertiary/aromatic N) is 1. The zero-order chi connectivity index (χ0) is 24.4. The molecule has 0 bridgehead atoms. The van der Waals surface area contributed by atoms with Gasteiger partial charge in [0.15, 0.2) is 17.5 Å². The van der Waals surface area contributed by atoms with Crippen molar-refractivity contribution in [1.29, 1.82) is 0 Å². The number of quaternary nitrogens is 1. The molecule has 2 amide bonds. The first-order valence-corrected chi connectivity index (χ1v) is 12.1. The number of hydrogen-bond acceptors (Lipinski definition) is 5. The zero-order valence-corrected chi connectivity index (χ0v) is 19.3. The van der Waals surface area contributed by atoms with Crippen molar-refractivity contribution in [2.45, 2.75) is 18.6 Å². The van der Waals surface area contributed by atoms with E-state index in [0.29, 0.717) is 17.1 Å². The van der Waals surface area contributed by atoms with Crippen LogP contribution in [-0.4, -0.2) is 35.3 Å². The van der Waals surface area contributed by atoms with Crippen LogP contribution in [0.5, 0.6) is 11.5 Å². The van der Waals surface area contributed by atoms with Gasteiger partial charge in [0, 0.05) is 11.1 Å². The van der Waals surface area contributed by atoms with Crippen molar-refractivity contribution >= 4 is 23.7 Å². The van der Waals surface area contributed by atoms with Crippen molar-refractivity contribution in [3.63, 3.8) is 0 Å². The average molecular weight is 480 g/mol. The van der Waals surface area contributed by atoms with E-state index in [2.05, 4.69) is 0 Å². The van der Waals surface area contributed by atoms with E-state index in [-0.39, 0.29) is 37.0 Å². The number of nitrogens with one attached hydrogen (secondary N) is 1. The molecular formula is C29H23N2O5+. The number of fused-ring (bicyclic) bond motifs is 6. The quantitative estimate of drug-likeness (QED) is 0.459. The van der Waals surface area contributed by atoms with Gasteiger partial charge in [-0.3, -0.25) is 24.2 Å². The highest BCUT2D eigenvalue weighted by Crippen LogP contribution is 2.44. The van der Waals surface area contributed by atoms with Gasteiger partial charge in [-0.25, -0.2) is 0 Å². The number of rotatable bonds is 4. The van der Waals surface area contributed by atoms with Gasteiger partial charge < -0.3 is 9.47 Å². The van der Waals surface area contributed by atoms with Crippen molar-refractivity contribution in [2.75, 3.05) is 6.79 Å². The Morgan fingerprint density at radius 2 is 1.64 bits per heavy atom. The second-order valence-corrected chi connectivity index (χ2v) is 9.65. The van der Waals surface area contributed by atoms with Gasteiger partial charge in [0.05, 0.1) is 12.7 Å². The molecule has 2 saturated heterocycles. The lowest BCUT2D eigenvalue weighted by molar-refractivity contribution is -0.884. The highest BCUT2D eigenvalue weighted by Gasteiger charge is 2.67. The zero-order valence-electron chi connectivity index (χ0n) is 19.3. The van der Waals surface area contributed by atoms with Gasteiger partial charge in [-0.1, -0.05) is 60.7 Å². The molecule has 0 saturated carbocycles. The number of amides is 2. The van der Waals surface area contributed by atoms with Crippen molar-refractivity contribution in [3.05, 3.63) is 101 Å². The number of carbonyl (C=O) groups is 3. The maximum absolute atomic E-state index is 13.9. The average Bonchev–Trinajstić information content (AvgIpc) is 3.59. The molecule has 3 aromatic carbocycles. The minimum atomic E-state index is -0.727. The summed E-state index contributed by atoms with van der Waals surface area (Å²) in [5.74, 6) is -0.708. The Labute approximate surface area is 207 Å². The van der Waals surface area contributed by atoms with E-state index < -0.39 is 17.9 Å². The molecule has 0 radical (unpaired) electrons. The monoisotopic (exact) mass is 479 g/mol. The number of carbonyl (C=O) groups excluding carboxylic acids is 3. The van der Waals surface area contributed by atoms with E-state index in [1.807, 2.05) is 60.8 Å². The van der Waals surface area contributed by atoms with E-state index in [0.717, 1.165) is 21.6 Å². The second kappa shape index (κ2) is 7.90. The minimum Gasteiger partial charge on any atom is -0.454 e. The summed E-state index contributed by atoms with van der Waals surface area (Å²) in [7, 11) is 0. The Kier molecular flexibility index (Phi) is 4.62. The Balaban J connectivity index is 1.30. The van der Waals surface area contributed by atoms with Gasteiger partial charge in [-0.2, -0.15) is 0 Å². The molecule has 0 spiro atoms. The number of ether oxygens (including phenoxy) is 2. The van der Waals surface area contributed by atoms with Crippen LogP contribution in [0, 0.1) is 11.8 Å².